The van der Waals surface area contributed by atoms with Crippen molar-refractivity contribution in [3.63, 3.8) is 0 Å². The van der Waals surface area contributed by atoms with E-state index in [4.69, 9.17) is 19.4 Å². The van der Waals surface area contributed by atoms with Gasteiger partial charge >= 0.3 is 0 Å². The van der Waals surface area contributed by atoms with Crippen LogP contribution in [0.4, 0.5) is 17.5 Å². The van der Waals surface area contributed by atoms with Crippen molar-refractivity contribution >= 4 is 28.4 Å². The minimum absolute atomic E-state index is 0.146. The lowest BCUT2D eigenvalue weighted by atomic mass is 10.2. The summed E-state index contributed by atoms with van der Waals surface area (Å²) in [7, 11) is 0. The minimum atomic E-state index is -0.146. The molecule has 2 aliphatic rings. The third-order valence-corrected chi connectivity index (χ3v) is 4.70. The Balaban J connectivity index is 1.60. The summed E-state index contributed by atoms with van der Waals surface area (Å²) in [5.74, 6) is 3.85. The molecule has 0 bridgehead atoms. The highest BCUT2D eigenvalue weighted by atomic mass is 16.6. The van der Waals surface area contributed by atoms with Gasteiger partial charge in [0.25, 0.3) is 0 Å². The summed E-state index contributed by atoms with van der Waals surface area (Å²) in [6.07, 6.45) is -0.146. The predicted octanol–water partition coefficient (Wildman–Crippen LogP) is 2.78. The van der Waals surface area contributed by atoms with Gasteiger partial charge in [-0.15, -0.1) is 0 Å². The summed E-state index contributed by atoms with van der Waals surface area (Å²) in [6.45, 7) is 6.13. The molecule has 1 aromatic carbocycles. The highest BCUT2D eigenvalue weighted by Crippen LogP contribution is 2.43. The van der Waals surface area contributed by atoms with Crippen molar-refractivity contribution in [2.24, 2.45) is 0 Å². The molecule has 2 aliphatic heterocycles. The number of anilines is 3. The number of aromatic nitrogens is 4. The van der Waals surface area contributed by atoms with Crippen molar-refractivity contribution < 1.29 is 9.47 Å². The molecule has 4 heterocycles. The maximum atomic E-state index is 6.11. The number of nitrogens with zero attached hydrogens (tertiary/aromatic N) is 4. The third kappa shape index (κ3) is 2.37. The lowest BCUT2D eigenvalue weighted by Crippen LogP contribution is -2.45. The van der Waals surface area contributed by atoms with Crippen LogP contribution in [-0.4, -0.2) is 46.2 Å². The number of ether oxygens (including phenoxy) is 2. The van der Waals surface area contributed by atoms with E-state index in [-0.39, 0.29) is 12.1 Å². The average Bonchev–Trinajstić information content (AvgIpc) is 3.23. The number of aromatic amines is 1. The quantitative estimate of drug-likeness (QED) is 0.749. The van der Waals surface area contributed by atoms with Crippen molar-refractivity contribution in [1.82, 2.24) is 20.2 Å². The standard InChI is InChI=1S/C18H20N6O2/c1-10(2)15-19-17(20-16-11-5-3-4-6-12(11)22-23-16)14-18(21-15)24-7-8-25-9-13(24)26-14/h3-6,10,13H,7-9H2,1-2H3,(H2,19,20,21,22,23). The van der Waals surface area contributed by atoms with Gasteiger partial charge in [0, 0.05) is 17.8 Å². The van der Waals surface area contributed by atoms with Gasteiger partial charge in [-0.25, -0.2) is 9.97 Å². The zero-order chi connectivity index (χ0) is 17.7. The molecule has 8 nitrogen and oxygen atoms in total. The Morgan fingerprint density at radius 3 is 3.00 bits per heavy atom. The molecular formula is C18H20N6O2. The highest BCUT2D eigenvalue weighted by Gasteiger charge is 2.38. The first-order chi connectivity index (χ1) is 12.7. The second-order valence-electron chi connectivity index (χ2n) is 6.82. The smallest absolute Gasteiger partial charge is 0.207 e. The molecule has 26 heavy (non-hydrogen) atoms. The third-order valence-electron chi connectivity index (χ3n) is 4.70. The van der Waals surface area contributed by atoms with Crippen LogP contribution in [-0.2, 0) is 4.74 Å². The van der Waals surface area contributed by atoms with Gasteiger partial charge in [0.1, 0.15) is 12.4 Å². The number of hydrogen-bond donors (Lipinski definition) is 2. The Labute approximate surface area is 150 Å². The van der Waals surface area contributed by atoms with E-state index in [1.807, 2.05) is 24.3 Å². The Morgan fingerprint density at radius 1 is 1.23 bits per heavy atom. The molecular weight excluding hydrogens is 332 g/mol. The Hall–Kier alpha value is -2.87. The second kappa shape index (κ2) is 5.84. The lowest BCUT2D eigenvalue weighted by Gasteiger charge is -2.28. The Bertz CT molecular complexity index is 969. The number of benzene rings is 1. The molecule has 2 aromatic heterocycles. The molecule has 0 amide bonds. The van der Waals surface area contributed by atoms with Gasteiger partial charge in [0.2, 0.25) is 5.75 Å². The van der Waals surface area contributed by atoms with E-state index in [1.165, 1.54) is 0 Å². The van der Waals surface area contributed by atoms with E-state index in [1.54, 1.807) is 0 Å². The van der Waals surface area contributed by atoms with E-state index in [0.717, 1.165) is 34.9 Å². The minimum Gasteiger partial charge on any atom is -0.460 e. The fraction of sp³-hybridized carbons (Fsp3) is 0.389. The average molecular weight is 352 g/mol. The summed E-state index contributed by atoms with van der Waals surface area (Å²) in [6, 6.07) is 7.97. The van der Waals surface area contributed by atoms with E-state index in [2.05, 4.69) is 34.3 Å². The number of hydrogen-bond acceptors (Lipinski definition) is 7. The lowest BCUT2D eigenvalue weighted by molar-refractivity contribution is 0.0311. The van der Waals surface area contributed by atoms with Crippen LogP contribution in [0.1, 0.15) is 25.6 Å². The second-order valence-corrected chi connectivity index (χ2v) is 6.82. The Kier molecular flexibility index (Phi) is 3.46. The molecule has 3 aromatic rings. The number of para-hydroxylation sites is 1. The van der Waals surface area contributed by atoms with Gasteiger partial charge in [-0.3, -0.25) is 5.10 Å². The van der Waals surface area contributed by atoms with Crippen molar-refractivity contribution in [2.45, 2.75) is 26.0 Å². The molecule has 8 heteroatoms. The molecule has 134 valence electrons. The molecule has 0 radical (unpaired) electrons. The number of rotatable bonds is 3. The van der Waals surface area contributed by atoms with Gasteiger partial charge < -0.3 is 19.7 Å². The van der Waals surface area contributed by atoms with Gasteiger partial charge in [0.05, 0.1) is 12.1 Å². The molecule has 0 aliphatic carbocycles. The van der Waals surface area contributed by atoms with E-state index in [0.29, 0.717) is 24.8 Å². The summed E-state index contributed by atoms with van der Waals surface area (Å²) in [4.78, 5) is 11.6. The van der Waals surface area contributed by atoms with E-state index in [9.17, 15) is 0 Å². The number of nitrogens with one attached hydrogen (secondary N) is 2. The highest BCUT2D eigenvalue weighted by molar-refractivity contribution is 5.91. The fourth-order valence-corrected chi connectivity index (χ4v) is 3.33. The largest absolute Gasteiger partial charge is 0.460 e. The first-order valence-corrected chi connectivity index (χ1v) is 8.84. The maximum absolute atomic E-state index is 6.11. The molecule has 2 N–H and O–H groups in total. The first kappa shape index (κ1) is 15.4. The van der Waals surface area contributed by atoms with E-state index >= 15 is 0 Å². The molecule has 1 atom stereocenters. The number of morpholine rings is 1. The monoisotopic (exact) mass is 352 g/mol. The van der Waals surface area contributed by atoms with Crippen LogP contribution in [0.2, 0.25) is 0 Å². The van der Waals surface area contributed by atoms with Crippen molar-refractivity contribution in [2.75, 3.05) is 30.0 Å². The SMILES string of the molecule is CC(C)c1nc(Nc2n[nH]c3ccccc23)c2c(n1)N1CCOCC1O2. The van der Waals surface area contributed by atoms with Crippen LogP contribution in [0.25, 0.3) is 10.9 Å². The van der Waals surface area contributed by atoms with Crippen LogP contribution in [0.15, 0.2) is 24.3 Å². The van der Waals surface area contributed by atoms with E-state index < -0.39 is 0 Å². The van der Waals surface area contributed by atoms with Crippen molar-refractivity contribution in [3.8, 4) is 5.75 Å². The topological polar surface area (TPSA) is 88.2 Å². The van der Waals surface area contributed by atoms with Crippen molar-refractivity contribution in [3.05, 3.63) is 30.1 Å². The van der Waals surface area contributed by atoms with Crippen LogP contribution < -0.4 is 15.0 Å². The normalized spacial score (nSPS) is 18.7. The molecule has 0 spiro atoms. The number of fused-ring (bicyclic) bond motifs is 4. The van der Waals surface area contributed by atoms with Gasteiger partial charge in [0.15, 0.2) is 23.7 Å². The van der Waals surface area contributed by atoms with Crippen molar-refractivity contribution in [1.29, 1.82) is 0 Å². The van der Waals surface area contributed by atoms with Gasteiger partial charge in [-0.05, 0) is 12.1 Å². The summed E-state index contributed by atoms with van der Waals surface area (Å²) in [5.41, 5.74) is 0.969. The molecule has 1 saturated heterocycles. The summed E-state index contributed by atoms with van der Waals surface area (Å²) < 4.78 is 11.7. The number of H-pyrrole nitrogens is 1. The van der Waals surface area contributed by atoms with Gasteiger partial charge in [-0.1, -0.05) is 26.0 Å². The van der Waals surface area contributed by atoms with Gasteiger partial charge in [-0.2, -0.15) is 5.10 Å². The van der Waals surface area contributed by atoms with Crippen LogP contribution in [0, 0.1) is 0 Å². The maximum Gasteiger partial charge on any atom is 0.207 e. The zero-order valence-corrected chi connectivity index (χ0v) is 14.7. The molecule has 0 saturated carbocycles. The van der Waals surface area contributed by atoms with Crippen LogP contribution >= 0.6 is 0 Å². The molecule has 1 fully saturated rings. The fourth-order valence-electron chi connectivity index (χ4n) is 3.33. The molecule has 5 rings (SSSR count). The molecule has 1 unspecified atom stereocenters. The Morgan fingerprint density at radius 2 is 2.12 bits per heavy atom. The predicted molar refractivity (Wildman–Crippen MR) is 98.1 cm³/mol. The van der Waals surface area contributed by atoms with Crippen LogP contribution in [0.3, 0.4) is 0 Å². The summed E-state index contributed by atoms with van der Waals surface area (Å²) >= 11 is 0. The zero-order valence-electron chi connectivity index (χ0n) is 14.7. The first-order valence-electron chi connectivity index (χ1n) is 8.84. The summed E-state index contributed by atoms with van der Waals surface area (Å²) in [5, 5.41) is 11.8. The van der Waals surface area contributed by atoms with Crippen LogP contribution in [0.5, 0.6) is 5.75 Å².